The van der Waals surface area contributed by atoms with Crippen LogP contribution in [-0.4, -0.2) is 14.9 Å². The Hall–Kier alpha value is -0.523. The van der Waals surface area contributed by atoms with Crippen LogP contribution in [0.15, 0.2) is 12.2 Å². The van der Waals surface area contributed by atoms with E-state index < -0.39 is 8.32 Å². The van der Waals surface area contributed by atoms with Crippen LogP contribution in [0.4, 0.5) is 0 Å². The first-order valence-electron chi connectivity index (χ1n) is 5.45. The smallest absolute Gasteiger partial charge is 0.192 e. The van der Waals surface area contributed by atoms with E-state index in [1.165, 1.54) is 0 Å². The fourth-order valence-corrected chi connectivity index (χ4v) is 2.23. The Morgan fingerprint density at radius 2 is 2.00 bits per heavy atom. The van der Waals surface area contributed by atoms with E-state index in [-0.39, 0.29) is 10.5 Å². The summed E-state index contributed by atoms with van der Waals surface area (Å²) >= 11 is 0. The third kappa shape index (κ3) is 2.35. The molecule has 1 saturated carbocycles. The van der Waals surface area contributed by atoms with E-state index in [1.54, 1.807) is 0 Å². The Labute approximate surface area is 95.0 Å². The molecule has 0 heterocycles. The standard InChI is InChI=1S/C13H22OSi/c1-8-13(9-11(13)2)10-14-15(6,7)12(3,4)5/h1H,2,9-10H2,3-7H3. The zero-order valence-electron chi connectivity index (χ0n) is 10.6. The Morgan fingerprint density at radius 3 is 2.27 bits per heavy atom. The van der Waals surface area contributed by atoms with E-state index in [1.807, 2.05) is 0 Å². The van der Waals surface area contributed by atoms with Gasteiger partial charge >= 0.3 is 0 Å². The van der Waals surface area contributed by atoms with Gasteiger partial charge in [0.05, 0.1) is 12.0 Å². The van der Waals surface area contributed by atoms with Gasteiger partial charge in [0.1, 0.15) is 0 Å². The molecular weight excluding hydrogens is 200 g/mol. The van der Waals surface area contributed by atoms with Gasteiger partial charge < -0.3 is 4.43 Å². The molecule has 0 bridgehead atoms. The van der Waals surface area contributed by atoms with Crippen molar-refractivity contribution in [3.8, 4) is 12.3 Å². The lowest BCUT2D eigenvalue weighted by molar-refractivity contribution is 0.252. The minimum absolute atomic E-state index is 0.129. The van der Waals surface area contributed by atoms with Gasteiger partial charge in [-0.15, -0.1) is 6.42 Å². The molecule has 1 aliphatic carbocycles. The minimum atomic E-state index is -1.66. The summed E-state index contributed by atoms with van der Waals surface area (Å²) in [6.45, 7) is 15.8. The summed E-state index contributed by atoms with van der Waals surface area (Å²) in [6.07, 6.45) is 6.46. The van der Waals surface area contributed by atoms with Crippen molar-refractivity contribution < 1.29 is 4.43 Å². The third-order valence-electron chi connectivity index (χ3n) is 3.83. The number of rotatable bonds is 3. The third-order valence-corrected chi connectivity index (χ3v) is 8.31. The first-order chi connectivity index (χ1) is 6.65. The summed E-state index contributed by atoms with van der Waals surface area (Å²) in [4.78, 5) is 0. The maximum Gasteiger partial charge on any atom is 0.192 e. The monoisotopic (exact) mass is 222 g/mol. The second-order valence-electron chi connectivity index (χ2n) is 6.06. The zero-order valence-corrected chi connectivity index (χ0v) is 11.6. The summed E-state index contributed by atoms with van der Waals surface area (Å²) in [7, 11) is -1.66. The normalized spacial score (nSPS) is 26.3. The molecule has 0 saturated heterocycles. The summed E-state index contributed by atoms with van der Waals surface area (Å²) < 4.78 is 6.12. The largest absolute Gasteiger partial charge is 0.415 e. The molecule has 1 rings (SSSR count). The molecule has 0 amide bonds. The predicted molar refractivity (Wildman–Crippen MR) is 68.2 cm³/mol. The van der Waals surface area contributed by atoms with Crippen molar-refractivity contribution in [3.63, 3.8) is 0 Å². The Kier molecular flexibility index (Phi) is 2.93. The molecule has 0 aromatic rings. The van der Waals surface area contributed by atoms with Gasteiger partial charge in [-0.25, -0.2) is 0 Å². The summed E-state index contributed by atoms with van der Waals surface area (Å²) in [6, 6.07) is 0. The average Bonchev–Trinajstić information content (AvgIpc) is 2.73. The molecule has 1 unspecified atom stereocenters. The second kappa shape index (κ2) is 3.50. The molecule has 1 aliphatic rings. The van der Waals surface area contributed by atoms with Crippen LogP contribution in [0.2, 0.25) is 18.1 Å². The average molecular weight is 222 g/mol. The van der Waals surface area contributed by atoms with Crippen molar-refractivity contribution in [2.75, 3.05) is 6.61 Å². The fourth-order valence-electron chi connectivity index (χ4n) is 1.19. The van der Waals surface area contributed by atoms with E-state index in [0.29, 0.717) is 6.61 Å². The van der Waals surface area contributed by atoms with Gasteiger partial charge in [-0.2, -0.15) is 0 Å². The Bertz CT molecular complexity index is 316. The van der Waals surface area contributed by atoms with Gasteiger partial charge in [-0.1, -0.05) is 38.8 Å². The van der Waals surface area contributed by atoms with Crippen molar-refractivity contribution in [1.82, 2.24) is 0 Å². The lowest BCUT2D eigenvalue weighted by Gasteiger charge is -2.36. The molecule has 2 heteroatoms. The van der Waals surface area contributed by atoms with E-state index in [4.69, 9.17) is 10.8 Å². The fraction of sp³-hybridized carbons (Fsp3) is 0.692. The molecule has 1 nitrogen and oxygen atoms in total. The van der Waals surface area contributed by atoms with Crippen molar-refractivity contribution in [2.45, 2.75) is 45.3 Å². The lowest BCUT2D eigenvalue weighted by Crippen LogP contribution is -2.42. The Morgan fingerprint density at radius 1 is 1.53 bits per heavy atom. The van der Waals surface area contributed by atoms with Gasteiger partial charge in [0.15, 0.2) is 8.32 Å². The molecule has 0 radical (unpaired) electrons. The molecule has 0 aromatic heterocycles. The van der Waals surface area contributed by atoms with Crippen molar-refractivity contribution in [1.29, 1.82) is 0 Å². The minimum Gasteiger partial charge on any atom is -0.415 e. The van der Waals surface area contributed by atoms with Crippen LogP contribution >= 0.6 is 0 Å². The molecule has 0 aliphatic heterocycles. The van der Waals surface area contributed by atoms with E-state index in [2.05, 4.69) is 46.4 Å². The van der Waals surface area contributed by atoms with Gasteiger partial charge in [-0.3, -0.25) is 0 Å². The number of hydrogen-bond acceptors (Lipinski definition) is 1. The van der Waals surface area contributed by atoms with Crippen molar-refractivity contribution in [3.05, 3.63) is 12.2 Å². The lowest BCUT2D eigenvalue weighted by atomic mass is 10.1. The molecule has 1 atom stereocenters. The highest BCUT2D eigenvalue weighted by Crippen LogP contribution is 2.51. The maximum atomic E-state index is 6.12. The zero-order chi connectivity index (χ0) is 11.9. The highest BCUT2D eigenvalue weighted by atomic mass is 28.4. The van der Waals surface area contributed by atoms with Crippen LogP contribution in [0.3, 0.4) is 0 Å². The predicted octanol–water partition coefficient (Wildman–Crippen LogP) is 3.59. The van der Waals surface area contributed by atoms with Crippen LogP contribution in [0, 0.1) is 17.8 Å². The molecule has 84 valence electrons. The topological polar surface area (TPSA) is 9.23 Å². The molecule has 1 fully saturated rings. The first kappa shape index (κ1) is 12.5. The van der Waals surface area contributed by atoms with E-state index in [0.717, 1.165) is 12.0 Å². The molecule has 0 aromatic carbocycles. The van der Waals surface area contributed by atoms with Gasteiger partial charge in [-0.05, 0) is 24.6 Å². The van der Waals surface area contributed by atoms with E-state index in [9.17, 15) is 0 Å². The van der Waals surface area contributed by atoms with Crippen LogP contribution in [-0.2, 0) is 4.43 Å². The molecular formula is C13H22OSi. The van der Waals surface area contributed by atoms with E-state index >= 15 is 0 Å². The number of terminal acetylenes is 1. The van der Waals surface area contributed by atoms with Crippen LogP contribution in [0.1, 0.15) is 27.2 Å². The van der Waals surface area contributed by atoms with Crippen molar-refractivity contribution >= 4 is 8.32 Å². The van der Waals surface area contributed by atoms with Gasteiger partial charge in [0, 0.05) is 0 Å². The van der Waals surface area contributed by atoms with Gasteiger partial charge in [0.25, 0.3) is 0 Å². The van der Waals surface area contributed by atoms with Crippen molar-refractivity contribution in [2.24, 2.45) is 5.41 Å². The molecule has 0 N–H and O–H groups in total. The second-order valence-corrected chi connectivity index (χ2v) is 10.9. The summed E-state index contributed by atoms with van der Waals surface area (Å²) in [5.74, 6) is 2.82. The van der Waals surface area contributed by atoms with Gasteiger partial charge in [0.2, 0.25) is 0 Å². The number of hydrogen-bond donors (Lipinski definition) is 0. The molecule has 15 heavy (non-hydrogen) atoms. The SMILES string of the molecule is C#CC1(CO[Si](C)(C)C(C)(C)C)CC1=C. The highest BCUT2D eigenvalue weighted by Gasteiger charge is 2.48. The molecule has 0 spiro atoms. The summed E-state index contributed by atoms with van der Waals surface area (Å²) in [5, 5.41) is 0.249. The highest BCUT2D eigenvalue weighted by molar-refractivity contribution is 6.74. The first-order valence-corrected chi connectivity index (χ1v) is 8.35. The van der Waals surface area contributed by atoms with Crippen LogP contribution in [0.5, 0.6) is 0 Å². The van der Waals surface area contributed by atoms with Crippen LogP contribution in [0.25, 0.3) is 0 Å². The maximum absolute atomic E-state index is 6.12. The summed E-state index contributed by atoms with van der Waals surface area (Å²) in [5.41, 5.74) is 1.03. The quantitative estimate of drug-likeness (QED) is 0.403. The van der Waals surface area contributed by atoms with Crippen LogP contribution < -0.4 is 0 Å². The Balaban J connectivity index is 2.59.